The molecule has 0 aliphatic heterocycles. The van der Waals surface area contributed by atoms with Crippen LogP contribution in [0.25, 0.3) is 0 Å². The zero-order valence-electron chi connectivity index (χ0n) is 15.3. The molecule has 0 saturated carbocycles. The van der Waals surface area contributed by atoms with Crippen molar-refractivity contribution in [2.24, 2.45) is 0 Å². The first-order valence-corrected chi connectivity index (χ1v) is 10.8. The highest BCUT2D eigenvalue weighted by atomic mass is 28.4. The maximum Gasteiger partial charge on any atom is 0.284 e. The van der Waals surface area contributed by atoms with Gasteiger partial charge in [-0.15, -0.1) is 0 Å². The van der Waals surface area contributed by atoms with Gasteiger partial charge in [-0.25, -0.2) is 17.6 Å². The maximum absolute atomic E-state index is 13.9. The zero-order chi connectivity index (χ0) is 20.2. The van der Waals surface area contributed by atoms with Crippen LogP contribution in [0, 0.1) is 23.3 Å². The van der Waals surface area contributed by atoms with Gasteiger partial charge in [-0.2, -0.15) is 5.12 Å². The van der Waals surface area contributed by atoms with Crippen molar-refractivity contribution in [3.8, 4) is 0 Å². The SMILES string of the molecule is CC(C)[Si](O)(CCCCN(F)C(=O)c1cc(F)c(F)c(F)c1F)C(C)C. The van der Waals surface area contributed by atoms with Crippen LogP contribution < -0.4 is 0 Å². The van der Waals surface area contributed by atoms with Gasteiger partial charge in [0.05, 0.1) is 12.1 Å². The van der Waals surface area contributed by atoms with E-state index in [9.17, 15) is 31.6 Å². The summed E-state index contributed by atoms with van der Waals surface area (Å²) in [5, 5.41) is -0.361. The Labute approximate surface area is 150 Å². The number of hydrogen-bond acceptors (Lipinski definition) is 2. The number of amides is 1. The zero-order valence-corrected chi connectivity index (χ0v) is 16.3. The van der Waals surface area contributed by atoms with Crippen LogP contribution in [0.2, 0.25) is 17.1 Å². The minimum Gasteiger partial charge on any atom is -0.431 e. The second-order valence-electron chi connectivity index (χ2n) is 7.00. The molecule has 0 bridgehead atoms. The van der Waals surface area contributed by atoms with Crippen LogP contribution in [-0.4, -0.2) is 30.7 Å². The number of hydrogen-bond donors (Lipinski definition) is 1. The van der Waals surface area contributed by atoms with Crippen molar-refractivity contribution in [2.45, 2.75) is 57.7 Å². The molecule has 3 nitrogen and oxygen atoms in total. The van der Waals surface area contributed by atoms with E-state index in [-0.39, 0.29) is 28.7 Å². The van der Waals surface area contributed by atoms with Gasteiger partial charge in [0.25, 0.3) is 5.91 Å². The summed E-state index contributed by atoms with van der Waals surface area (Å²) in [7, 11) is -2.52. The molecular weight excluding hydrogens is 373 g/mol. The van der Waals surface area contributed by atoms with Crippen molar-refractivity contribution < 1.29 is 31.6 Å². The molecule has 0 fully saturated rings. The molecule has 1 aromatic rings. The highest BCUT2D eigenvalue weighted by Gasteiger charge is 2.37. The molecule has 1 N–H and O–H groups in total. The number of benzene rings is 1. The number of rotatable bonds is 8. The van der Waals surface area contributed by atoms with Gasteiger partial charge in [0.1, 0.15) is 0 Å². The van der Waals surface area contributed by atoms with E-state index in [0.29, 0.717) is 12.5 Å². The molecule has 26 heavy (non-hydrogen) atoms. The Bertz CT molecular complexity index is 647. The Kier molecular flexibility index (Phi) is 7.76. The molecule has 0 aliphatic rings. The van der Waals surface area contributed by atoms with E-state index in [1.807, 2.05) is 27.7 Å². The molecule has 0 spiro atoms. The minimum atomic E-state index is -2.52. The van der Waals surface area contributed by atoms with Crippen LogP contribution in [0.5, 0.6) is 0 Å². The average molecular weight is 397 g/mol. The first-order chi connectivity index (χ1) is 11.9. The van der Waals surface area contributed by atoms with Crippen LogP contribution in [0.1, 0.15) is 50.9 Å². The van der Waals surface area contributed by atoms with Gasteiger partial charge >= 0.3 is 0 Å². The molecule has 0 heterocycles. The van der Waals surface area contributed by atoms with Crippen LogP contribution >= 0.6 is 0 Å². The Balaban J connectivity index is 2.70. The fraction of sp³-hybridized carbons (Fsp3) is 0.588. The highest BCUT2D eigenvalue weighted by molar-refractivity contribution is 6.75. The smallest absolute Gasteiger partial charge is 0.284 e. The summed E-state index contributed by atoms with van der Waals surface area (Å²) in [6.45, 7) is 7.28. The maximum atomic E-state index is 13.9. The predicted octanol–water partition coefficient (Wildman–Crippen LogP) is 5.11. The lowest BCUT2D eigenvalue weighted by Gasteiger charge is -2.33. The number of carbonyl (C=O) groups is 1. The van der Waals surface area contributed by atoms with E-state index in [2.05, 4.69) is 0 Å². The molecule has 1 rings (SSSR count). The Morgan fingerprint density at radius 2 is 1.58 bits per heavy atom. The molecule has 0 saturated heterocycles. The van der Waals surface area contributed by atoms with Crippen LogP contribution in [0.4, 0.5) is 22.0 Å². The molecule has 1 amide bonds. The fourth-order valence-electron chi connectivity index (χ4n) is 2.86. The largest absolute Gasteiger partial charge is 0.431 e. The second kappa shape index (κ2) is 8.94. The van der Waals surface area contributed by atoms with Crippen molar-refractivity contribution in [1.82, 2.24) is 5.12 Å². The summed E-state index contributed by atoms with van der Waals surface area (Å²) in [5.74, 6) is -9.51. The minimum absolute atomic E-state index is 0.116. The Hall–Kier alpha value is -1.48. The fourth-order valence-corrected chi connectivity index (χ4v) is 6.17. The monoisotopic (exact) mass is 397 g/mol. The standard InChI is InChI=1S/C17H24F5NO2Si/c1-10(2)26(25,11(3)4)8-6-5-7-23(22)17(24)12-9-13(18)15(20)16(21)14(12)19/h9-11,25H,5-8H2,1-4H3. The van der Waals surface area contributed by atoms with Crippen LogP contribution in [0.15, 0.2) is 6.07 Å². The molecule has 0 unspecified atom stereocenters. The topological polar surface area (TPSA) is 40.5 Å². The van der Waals surface area contributed by atoms with E-state index in [4.69, 9.17) is 0 Å². The Morgan fingerprint density at radius 1 is 1.04 bits per heavy atom. The molecule has 0 aromatic heterocycles. The third kappa shape index (κ3) is 4.82. The summed E-state index contributed by atoms with van der Waals surface area (Å²) in [6, 6.07) is 0.643. The van der Waals surface area contributed by atoms with Crippen LogP contribution in [-0.2, 0) is 0 Å². The second-order valence-corrected chi connectivity index (χ2v) is 11.8. The van der Waals surface area contributed by atoms with E-state index in [1.54, 1.807) is 0 Å². The summed E-state index contributed by atoms with van der Waals surface area (Å²) in [6.07, 6.45) is 0.631. The van der Waals surface area contributed by atoms with Gasteiger partial charge in [-0.1, -0.05) is 38.6 Å². The van der Waals surface area contributed by atoms with Crippen molar-refractivity contribution in [3.05, 3.63) is 34.9 Å². The number of nitrogens with zero attached hydrogens (tertiary/aromatic N) is 1. The summed E-state index contributed by atoms with van der Waals surface area (Å²) in [5.41, 5.74) is -0.978. The molecule has 0 aliphatic carbocycles. The first-order valence-electron chi connectivity index (χ1n) is 8.46. The van der Waals surface area contributed by atoms with Gasteiger partial charge in [-0.05, 0) is 29.6 Å². The lowest BCUT2D eigenvalue weighted by atomic mass is 10.1. The van der Waals surface area contributed by atoms with Gasteiger partial charge < -0.3 is 4.80 Å². The first kappa shape index (κ1) is 22.6. The lowest BCUT2D eigenvalue weighted by molar-refractivity contribution is 0.0183. The predicted molar refractivity (Wildman–Crippen MR) is 90.6 cm³/mol. The molecule has 148 valence electrons. The average Bonchev–Trinajstić information content (AvgIpc) is 2.58. The third-order valence-corrected chi connectivity index (χ3v) is 9.89. The van der Waals surface area contributed by atoms with E-state index >= 15 is 0 Å². The van der Waals surface area contributed by atoms with Gasteiger partial charge in [0.2, 0.25) is 0 Å². The van der Waals surface area contributed by atoms with E-state index in [1.165, 1.54) is 0 Å². The van der Waals surface area contributed by atoms with Crippen molar-refractivity contribution in [3.63, 3.8) is 0 Å². The van der Waals surface area contributed by atoms with Crippen molar-refractivity contribution >= 4 is 14.2 Å². The van der Waals surface area contributed by atoms with Crippen molar-refractivity contribution in [2.75, 3.05) is 6.54 Å². The highest BCUT2D eigenvalue weighted by Crippen LogP contribution is 2.34. The third-order valence-electron chi connectivity index (χ3n) is 4.73. The molecule has 0 atom stereocenters. The molecule has 0 radical (unpaired) electrons. The van der Waals surface area contributed by atoms with Crippen molar-refractivity contribution in [1.29, 1.82) is 0 Å². The quantitative estimate of drug-likeness (QED) is 0.165. The van der Waals surface area contributed by atoms with Crippen LogP contribution in [0.3, 0.4) is 0 Å². The van der Waals surface area contributed by atoms with E-state index < -0.39 is 49.6 Å². The van der Waals surface area contributed by atoms with Gasteiger partial charge in [0.15, 0.2) is 31.6 Å². The number of unbranched alkanes of at least 4 members (excludes halogenated alkanes) is 1. The Morgan fingerprint density at radius 3 is 2.08 bits per heavy atom. The molecule has 1 aromatic carbocycles. The number of halogens is 5. The van der Waals surface area contributed by atoms with E-state index in [0.717, 1.165) is 0 Å². The van der Waals surface area contributed by atoms with Gasteiger partial charge in [0, 0.05) is 0 Å². The molecular formula is C17H24F5NO2Si. The summed E-state index contributed by atoms with van der Waals surface area (Å²) >= 11 is 0. The lowest BCUT2D eigenvalue weighted by Crippen LogP contribution is -2.41. The number of carbonyl (C=O) groups excluding carboxylic acids is 1. The summed E-state index contributed by atoms with van der Waals surface area (Å²) in [4.78, 5) is 22.5. The summed E-state index contributed by atoms with van der Waals surface area (Å²) < 4.78 is 66.6. The van der Waals surface area contributed by atoms with Gasteiger partial charge in [-0.3, -0.25) is 4.79 Å². The molecule has 9 heteroatoms. The normalized spacial score (nSPS) is 12.2.